The van der Waals surface area contributed by atoms with E-state index in [0.29, 0.717) is 23.6 Å². The lowest BCUT2D eigenvalue weighted by atomic mass is 10.2. The Morgan fingerprint density at radius 2 is 1.90 bits per heavy atom. The number of ether oxygens (including phenoxy) is 1. The number of aromatic nitrogens is 4. The van der Waals surface area contributed by atoms with Crippen molar-refractivity contribution in [3.8, 4) is 22.8 Å². The fourth-order valence-electron chi connectivity index (χ4n) is 2.97. The van der Waals surface area contributed by atoms with Gasteiger partial charge in [0.1, 0.15) is 18.1 Å². The monoisotopic (exact) mass is 408 g/mol. The number of para-hydroxylation sites is 2. The van der Waals surface area contributed by atoms with Crippen molar-refractivity contribution >= 4 is 0 Å². The standard InChI is InChI=1S/C21H17FN4O4/c1-2-29-17-9-4-3-8-16(17)26-11-10-25(20(27)21(26)28)13-18-23-19(24-30-18)14-6-5-7-15(22)12-14/h3-12H,2,13H2,1H3. The summed E-state index contributed by atoms with van der Waals surface area (Å²) in [5, 5.41) is 3.80. The zero-order valence-corrected chi connectivity index (χ0v) is 16.0. The van der Waals surface area contributed by atoms with E-state index in [9.17, 15) is 14.0 Å². The maximum Gasteiger partial charge on any atom is 0.321 e. The van der Waals surface area contributed by atoms with Gasteiger partial charge in [-0.15, -0.1) is 0 Å². The minimum atomic E-state index is -0.755. The predicted molar refractivity (Wildman–Crippen MR) is 106 cm³/mol. The van der Waals surface area contributed by atoms with E-state index in [1.807, 2.05) is 6.92 Å². The van der Waals surface area contributed by atoms with Crippen LogP contribution in [-0.2, 0) is 6.54 Å². The van der Waals surface area contributed by atoms with Gasteiger partial charge in [0.25, 0.3) is 0 Å². The topological polar surface area (TPSA) is 92.2 Å². The van der Waals surface area contributed by atoms with Crippen molar-refractivity contribution < 1.29 is 13.7 Å². The molecule has 0 aliphatic carbocycles. The van der Waals surface area contributed by atoms with Crippen LogP contribution in [0.5, 0.6) is 5.75 Å². The van der Waals surface area contributed by atoms with Crippen molar-refractivity contribution in [2.45, 2.75) is 13.5 Å². The highest BCUT2D eigenvalue weighted by molar-refractivity contribution is 5.53. The molecule has 4 aromatic rings. The Morgan fingerprint density at radius 3 is 2.70 bits per heavy atom. The van der Waals surface area contributed by atoms with Crippen LogP contribution in [-0.4, -0.2) is 25.9 Å². The minimum Gasteiger partial charge on any atom is -0.492 e. The SMILES string of the molecule is CCOc1ccccc1-n1ccn(Cc2nc(-c3cccc(F)c3)no2)c(=O)c1=O. The summed E-state index contributed by atoms with van der Waals surface area (Å²) in [6.45, 7) is 2.16. The van der Waals surface area contributed by atoms with E-state index in [1.54, 1.807) is 30.3 Å². The average Bonchev–Trinajstić information content (AvgIpc) is 3.21. The first-order valence-corrected chi connectivity index (χ1v) is 9.19. The highest BCUT2D eigenvalue weighted by atomic mass is 19.1. The third-order valence-electron chi connectivity index (χ3n) is 4.34. The van der Waals surface area contributed by atoms with Crippen LogP contribution in [0.3, 0.4) is 0 Å². The molecule has 4 rings (SSSR count). The Morgan fingerprint density at radius 1 is 1.07 bits per heavy atom. The van der Waals surface area contributed by atoms with Gasteiger partial charge in [-0.2, -0.15) is 4.98 Å². The third-order valence-corrected chi connectivity index (χ3v) is 4.34. The molecule has 9 heteroatoms. The summed E-state index contributed by atoms with van der Waals surface area (Å²) in [5.41, 5.74) is -0.580. The molecule has 2 aromatic carbocycles. The van der Waals surface area contributed by atoms with Crippen molar-refractivity contribution in [3.63, 3.8) is 0 Å². The fourth-order valence-corrected chi connectivity index (χ4v) is 2.97. The van der Waals surface area contributed by atoms with Crippen LogP contribution < -0.4 is 15.9 Å². The van der Waals surface area contributed by atoms with Gasteiger partial charge >= 0.3 is 11.1 Å². The van der Waals surface area contributed by atoms with Gasteiger partial charge in [0, 0.05) is 18.0 Å². The molecule has 8 nitrogen and oxygen atoms in total. The molecule has 2 aromatic heterocycles. The molecule has 0 radical (unpaired) electrons. The number of hydrogen-bond acceptors (Lipinski definition) is 6. The fraction of sp³-hybridized carbons (Fsp3) is 0.143. The highest BCUT2D eigenvalue weighted by Crippen LogP contribution is 2.21. The van der Waals surface area contributed by atoms with E-state index in [4.69, 9.17) is 9.26 Å². The number of hydrogen-bond donors (Lipinski definition) is 0. The number of halogens is 1. The normalized spacial score (nSPS) is 10.9. The minimum absolute atomic E-state index is 0.0929. The molecule has 0 fully saturated rings. The smallest absolute Gasteiger partial charge is 0.321 e. The molecule has 0 spiro atoms. The van der Waals surface area contributed by atoms with Crippen molar-refractivity contribution in [2.75, 3.05) is 6.61 Å². The van der Waals surface area contributed by atoms with Gasteiger partial charge in [0.05, 0.1) is 12.3 Å². The molecular formula is C21H17FN4O4. The lowest BCUT2D eigenvalue weighted by Crippen LogP contribution is -2.40. The van der Waals surface area contributed by atoms with Gasteiger partial charge in [-0.25, -0.2) is 4.39 Å². The highest BCUT2D eigenvalue weighted by Gasteiger charge is 2.14. The number of rotatable bonds is 6. The first-order valence-electron chi connectivity index (χ1n) is 9.19. The quantitative estimate of drug-likeness (QED) is 0.456. The van der Waals surface area contributed by atoms with Crippen LogP contribution >= 0.6 is 0 Å². The Hall–Kier alpha value is -4.01. The van der Waals surface area contributed by atoms with Crippen LogP contribution in [0, 0.1) is 5.82 Å². The van der Waals surface area contributed by atoms with Gasteiger partial charge in [0.2, 0.25) is 11.7 Å². The maximum absolute atomic E-state index is 13.4. The molecule has 0 saturated carbocycles. The summed E-state index contributed by atoms with van der Waals surface area (Å²) in [6, 6.07) is 12.7. The van der Waals surface area contributed by atoms with Crippen LogP contribution in [0.25, 0.3) is 17.1 Å². The zero-order chi connectivity index (χ0) is 21.1. The molecule has 30 heavy (non-hydrogen) atoms. The van der Waals surface area contributed by atoms with E-state index in [-0.39, 0.29) is 18.3 Å². The Balaban J connectivity index is 1.64. The summed E-state index contributed by atoms with van der Waals surface area (Å²) in [7, 11) is 0. The van der Waals surface area contributed by atoms with Crippen LogP contribution in [0.15, 0.2) is 75.0 Å². The van der Waals surface area contributed by atoms with Gasteiger partial charge in [-0.3, -0.25) is 18.7 Å². The van der Waals surface area contributed by atoms with Crippen molar-refractivity contribution in [2.24, 2.45) is 0 Å². The molecule has 0 aliphatic rings. The number of benzene rings is 2. The molecule has 152 valence electrons. The largest absolute Gasteiger partial charge is 0.492 e. The average molecular weight is 408 g/mol. The van der Waals surface area contributed by atoms with Crippen molar-refractivity contribution in [3.05, 3.63) is 93.3 Å². The second-order valence-electron chi connectivity index (χ2n) is 6.33. The van der Waals surface area contributed by atoms with E-state index in [1.165, 1.54) is 39.7 Å². The lowest BCUT2D eigenvalue weighted by molar-refractivity contribution is 0.338. The molecule has 0 aliphatic heterocycles. The first kappa shape index (κ1) is 19.3. The van der Waals surface area contributed by atoms with E-state index in [2.05, 4.69) is 10.1 Å². The first-order chi connectivity index (χ1) is 14.6. The summed E-state index contributed by atoms with van der Waals surface area (Å²) in [4.78, 5) is 29.4. The Kier molecular flexibility index (Phi) is 5.25. The van der Waals surface area contributed by atoms with Crippen molar-refractivity contribution in [1.29, 1.82) is 0 Å². The molecular weight excluding hydrogens is 391 g/mol. The lowest BCUT2D eigenvalue weighted by Gasteiger charge is -2.12. The second-order valence-corrected chi connectivity index (χ2v) is 6.33. The summed E-state index contributed by atoms with van der Waals surface area (Å²) in [5.74, 6) is 0.377. The zero-order valence-electron chi connectivity index (χ0n) is 16.0. The molecule has 0 amide bonds. The summed E-state index contributed by atoms with van der Waals surface area (Å²) < 4.78 is 26.5. The molecule has 0 unspecified atom stereocenters. The summed E-state index contributed by atoms with van der Waals surface area (Å²) in [6.07, 6.45) is 2.93. The molecule has 0 atom stereocenters. The van der Waals surface area contributed by atoms with E-state index in [0.717, 1.165) is 0 Å². The summed E-state index contributed by atoms with van der Waals surface area (Å²) >= 11 is 0. The third kappa shape index (κ3) is 3.77. The van der Waals surface area contributed by atoms with Crippen LogP contribution in [0.2, 0.25) is 0 Å². The van der Waals surface area contributed by atoms with Gasteiger partial charge < -0.3 is 9.26 Å². The molecule has 0 bridgehead atoms. The Labute approximate surface area is 169 Å². The Bertz CT molecular complexity index is 1310. The molecule has 0 saturated heterocycles. The van der Waals surface area contributed by atoms with Crippen molar-refractivity contribution in [1.82, 2.24) is 19.3 Å². The van der Waals surface area contributed by atoms with E-state index < -0.39 is 16.9 Å². The second kappa shape index (κ2) is 8.16. The van der Waals surface area contributed by atoms with E-state index >= 15 is 0 Å². The molecule has 2 heterocycles. The van der Waals surface area contributed by atoms with Crippen LogP contribution in [0.4, 0.5) is 4.39 Å². The number of nitrogens with zero attached hydrogens (tertiary/aromatic N) is 4. The van der Waals surface area contributed by atoms with Gasteiger partial charge in [-0.05, 0) is 31.2 Å². The van der Waals surface area contributed by atoms with Gasteiger partial charge in [-0.1, -0.05) is 29.4 Å². The van der Waals surface area contributed by atoms with Gasteiger partial charge in [0.15, 0.2) is 0 Å². The predicted octanol–water partition coefficient (Wildman–Crippen LogP) is 2.64. The van der Waals surface area contributed by atoms with Crippen LogP contribution in [0.1, 0.15) is 12.8 Å². The maximum atomic E-state index is 13.4. The molecule has 0 N–H and O–H groups in total.